The van der Waals surface area contributed by atoms with Crippen molar-refractivity contribution >= 4 is 21.7 Å². The van der Waals surface area contributed by atoms with E-state index in [-0.39, 0.29) is 0 Å². The van der Waals surface area contributed by atoms with Crippen LogP contribution in [0.15, 0.2) is 72.9 Å². The van der Waals surface area contributed by atoms with Gasteiger partial charge in [0.25, 0.3) is 0 Å². The van der Waals surface area contributed by atoms with Crippen LogP contribution >= 0.6 is 0 Å². The highest BCUT2D eigenvalue weighted by molar-refractivity contribution is 5.85. The molecule has 0 bridgehead atoms. The van der Waals surface area contributed by atoms with Crippen LogP contribution in [0.5, 0.6) is 0 Å². The third-order valence-electron chi connectivity index (χ3n) is 4.01. The number of aliphatic hydroxyl groups is 1. The molecular formula is C19H15NO. The van der Waals surface area contributed by atoms with Crippen LogP contribution in [0.1, 0.15) is 17.2 Å². The van der Waals surface area contributed by atoms with Gasteiger partial charge in [0, 0.05) is 22.7 Å². The second-order valence-electron chi connectivity index (χ2n) is 5.30. The molecule has 1 aromatic heterocycles. The van der Waals surface area contributed by atoms with Crippen molar-refractivity contribution < 1.29 is 5.11 Å². The van der Waals surface area contributed by atoms with Crippen molar-refractivity contribution in [3.63, 3.8) is 0 Å². The van der Waals surface area contributed by atoms with E-state index in [1.165, 1.54) is 5.39 Å². The molecule has 1 atom stereocenters. The Morgan fingerprint density at radius 3 is 2.48 bits per heavy atom. The number of hydrogen-bond acceptors (Lipinski definition) is 1. The van der Waals surface area contributed by atoms with Gasteiger partial charge in [0.05, 0.1) is 0 Å². The summed E-state index contributed by atoms with van der Waals surface area (Å²) in [6, 6.07) is 22.3. The Morgan fingerprint density at radius 1 is 0.810 bits per heavy atom. The molecule has 0 aliphatic heterocycles. The lowest BCUT2D eigenvalue weighted by Gasteiger charge is -2.11. The first kappa shape index (κ1) is 12.2. The average molecular weight is 273 g/mol. The van der Waals surface area contributed by atoms with Gasteiger partial charge in [-0.1, -0.05) is 54.6 Å². The van der Waals surface area contributed by atoms with Crippen LogP contribution < -0.4 is 0 Å². The van der Waals surface area contributed by atoms with E-state index in [2.05, 4.69) is 29.2 Å². The normalized spacial score (nSPS) is 12.8. The highest BCUT2D eigenvalue weighted by Gasteiger charge is 2.15. The van der Waals surface area contributed by atoms with E-state index in [4.69, 9.17) is 0 Å². The van der Waals surface area contributed by atoms with Crippen LogP contribution in [0, 0.1) is 0 Å². The van der Waals surface area contributed by atoms with Gasteiger partial charge < -0.3 is 10.1 Å². The first-order valence-corrected chi connectivity index (χ1v) is 7.06. The molecule has 0 saturated carbocycles. The van der Waals surface area contributed by atoms with Gasteiger partial charge >= 0.3 is 0 Å². The fraction of sp³-hybridized carbons (Fsp3) is 0.0526. The third-order valence-corrected chi connectivity index (χ3v) is 4.01. The van der Waals surface area contributed by atoms with Crippen LogP contribution in [0.2, 0.25) is 0 Å². The number of H-pyrrole nitrogens is 1. The van der Waals surface area contributed by atoms with Crippen molar-refractivity contribution in [3.05, 3.63) is 84.1 Å². The summed E-state index contributed by atoms with van der Waals surface area (Å²) >= 11 is 0. The molecule has 0 spiro atoms. The molecule has 0 fully saturated rings. The van der Waals surface area contributed by atoms with Crippen LogP contribution in [-0.2, 0) is 0 Å². The van der Waals surface area contributed by atoms with Gasteiger partial charge in [-0.2, -0.15) is 0 Å². The summed E-state index contributed by atoms with van der Waals surface area (Å²) in [4.78, 5) is 3.22. The monoisotopic (exact) mass is 273 g/mol. The van der Waals surface area contributed by atoms with E-state index in [1.54, 1.807) is 0 Å². The Morgan fingerprint density at radius 2 is 1.57 bits per heavy atom. The molecule has 2 heteroatoms. The molecule has 0 amide bonds. The Kier molecular flexibility index (Phi) is 2.76. The quantitative estimate of drug-likeness (QED) is 0.558. The molecule has 2 nitrogen and oxygen atoms in total. The number of rotatable bonds is 2. The predicted molar refractivity (Wildman–Crippen MR) is 86.3 cm³/mol. The van der Waals surface area contributed by atoms with Crippen molar-refractivity contribution in [2.45, 2.75) is 6.10 Å². The van der Waals surface area contributed by atoms with E-state index >= 15 is 0 Å². The highest BCUT2D eigenvalue weighted by Crippen LogP contribution is 2.30. The molecule has 1 heterocycles. The number of fused-ring (bicyclic) bond motifs is 2. The van der Waals surface area contributed by atoms with Crippen LogP contribution in [0.25, 0.3) is 21.7 Å². The highest BCUT2D eigenvalue weighted by atomic mass is 16.3. The number of para-hydroxylation sites is 1. The topological polar surface area (TPSA) is 36.0 Å². The maximum absolute atomic E-state index is 10.7. The Balaban J connectivity index is 1.83. The van der Waals surface area contributed by atoms with Gasteiger partial charge in [0.2, 0.25) is 0 Å². The lowest BCUT2D eigenvalue weighted by Crippen LogP contribution is -1.98. The fourth-order valence-corrected chi connectivity index (χ4v) is 2.88. The maximum atomic E-state index is 10.7. The Labute approximate surface area is 122 Å². The molecule has 3 aromatic carbocycles. The van der Waals surface area contributed by atoms with E-state index in [0.717, 1.165) is 27.4 Å². The molecule has 0 saturated heterocycles. The minimum absolute atomic E-state index is 0.620. The largest absolute Gasteiger partial charge is 0.384 e. The van der Waals surface area contributed by atoms with Crippen molar-refractivity contribution in [1.82, 2.24) is 4.98 Å². The Bertz CT molecular complexity index is 923. The molecule has 0 aliphatic carbocycles. The summed E-state index contributed by atoms with van der Waals surface area (Å²) < 4.78 is 0. The van der Waals surface area contributed by atoms with E-state index in [1.807, 2.05) is 48.7 Å². The molecular weight excluding hydrogens is 258 g/mol. The first-order valence-electron chi connectivity index (χ1n) is 7.06. The number of hydrogen-bond donors (Lipinski definition) is 2. The summed E-state index contributed by atoms with van der Waals surface area (Å²) in [6.07, 6.45) is 1.27. The molecule has 1 unspecified atom stereocenters. The van der Waals surface area contributed by atoms with Crippen LogP contribution in [0.4, 0.5) is 0 Å². The zero-order valence-electron chi connectivity index (χ0n) is 11.5. The second-order valence-corrected chi connectivity index (χ2v) is 5.30. The lowest BCUT2D eigenvalue weighted by molar-refractivity contribution is 0.222. The summed E-state index contributed by atoms with van der Waals surface area (Å²) in [5, 5.41) is 14.1. The van der Waals surface area contributed by atoms with Gasteiger partial charge in [-0.15, -0.1) is 0 Å². The molecule has 2 N–H and O–H groups in total. The molecule has 0 aliphatic rings. The number of aromatic amines is 1. The number of aliphatic hydroxyl groups excluding tert-OH is 1. The predicted octanol–water partition coefficient (Wildman–Crippen LogP) is 4.40. The third kappa shape index (κ3) is 2.01. The molecule has 102 valence electrons. The lowest BCUT2D eigenvalue weighted by atomic mass is 9.98. The summed E-state index contributed by atoms with van der Waals surface area (Å²) in [5.41, 5.74) is 2.88. The first-order chi connectivity index (χ1) is 10.3. The van der Waals surface area contributed by atoms with Gasteiger partial charge in [0.15, 0.2) is 0 Å². The van der Waals surface area contributed by atoms with E-state index in [9.17, 15) is 5.11 Å². The summed E-state index contributed by atoms with van der Waals surface area (Å²) in [7, 11) is 0. The molecule has 4 aromatic rings. The summed E-state index contributed by atoms with van der Waals surface area (Å²) in [5.74, 6) is 0. The van der Waals surface area contributed by atoms with Crippen molar-refractivity contribution in [2.75, 3.05) is 0 Å². The Hall–Kier alpha value is -2.58. The molecule has 21 heavy (non-hydrogen) atoms. The van der Waals surface area contributed by atoms with Gasteiger partial charge in [-0.25, -0.2) is 0 Å². The van der Waals surface area contributed by atoms with Crippen LogP contribution in [0.3, 0.4) is 0 Å². The minimum atomic E-state index is -0.620. The fourth-order valence-electron chi connectivity index (χ4n) is 2.88. The van der Waals surface area contributed by atoms with Crippen LogP contribution in [-0.4, -0.2) is 10.1 Å². The number of benzene rings is 3. The zero-order valence-corrected chi connectivity index (χ0v) is 11.5. The smallest absolute Gasteiger partial charge is 0.106 e. The van der Waals surface area contributed by atoms with Crippen molar-refractivity contribution in [2.24, 2.45) is 0 Å². The van der Waals surface area contributed by atoms with E-state index < -0.39 is 6.10 Å². The number of aromatic nitrogens is 1. The van der Waals surface area contributed by atoms with E-state index in [0.29, 0.717) is 0 Å². The maximum Gasteiger partial charge on any atom is 0.106 e. The van der Waals surface area contributed by atoms with Crippen molar-refractivity contribution in [3.8, 4) is 0 Å². The SMILES string of the molecule is OC(c1ccc2ccccc2c1)c1c[nH]c2ccccc12. The minimum Gasteiger partial charge on any atom is -0.384 e. The van der Waals surface area contributed by atoms with Gasteiger partial charge in [-0.3, -0.25) is 0 Å². The zero-order chi connectivity index (χ0) is 14.2. The second kappa shape index (κ2) is 4.76. The average Bonchev–Trinajstić information content (AvgIpc) is 2.98. The number of nitrogens with one attached hydrogen (secondary N) is 1. The van der Waals surface area contributed by atoms with Gasteiger partial charge in [-0.05, 0) is 28.5 Å². The van der Waals surface area contributed by atoms with Gasteiger partial charge in [0.1, 0.15) is 6.10 Å². The van der Waals surface area contributed by atoms with Crippen molar-refractivity contribution in [1.29, 1.82) is 0 Å². The molecule has 0 radical (unpaired) electrons. The molecule has 4 rings (SSSR count). The standard InChI is InChI=1S/C19H15NO/c21-19(17-12-20-18-8-4-3-7-16(17)18)15-10-9-13-5-1-2-6-14(13)11-15/h1-12,19-21H. The summed E-state index contributed by atoms with van der Waals surface area (Å²) in [6.45, 7) is 0.